The van der Waals surface area contributed by atoms with E-state index in [0.29, 0.717) is 6.04 Å². The monoisotopic (exact) mass is 290 g/mol. The fourth-order valence-corrected chi connectivity index (χ4v) is 3.31. The number of hydrogen-bond acceptors (Lipinski definition) is 3. The van der Waals surface area contributed by atoms with E-state index in [0.717, 1.165) is 18.2 Å². The normalized spacial score (nSPS) is 21.2. The predicted octanol–water partition coefficient (Wildman–Crippen LogP) is 3.30. The van der Waals surface area contributed by atoms with E-state index in [9.17, 15) is 0 Å². The highest BCUT2D eigenvalue weighted by molar-refractivity contribution is 5.33. The van der Waals surface area contributed by atoms with E-state index in [1.54, 1.807) is 7.11 Å². The fraction of sp³-hybridized carbons (Fsp3) is 0.667. The molecule has 0 saturated carbocycles. The summed E-state index contributed by atoms with van der Waals surface area (Å²) >= 11 is 0. The van der Waals surface area contributed by atoms with Gasteiger partial charge in [0.05, 0.1) is 7.11 Å². The minimum Gasteiger partial charge on any atom is -0.496 e. The van der Waals surface area contributed by atoms with Gasteiger partial charge >= 0.3 is 0 Å². The number of piperidine rings is 1. The molecule has 118 valence electrons. The number of methoxy groups -OCH3 is 1. The highest BCUT2D eigenvalue weighted by Crippen LogP contribution is 2.21. The van der Waals surface area contributed by atoms with Crippen LogP contribution in [0.3, 0.4) is 0 Å². The van der Waals surface area contributed by atoms with E-state index in [1.807, 2.05) is 12.1 Å². The smallest absolute Gasteiger partial charge is 0.123 e. The van der Waals surface area contributed by atoms with Gasteiger partial charge in [0.1, 0.15) is 5.75 Å². The Bertz CT molecular complexity index is 419. The number of likely N-dealkylation sites (tertiary alicyclic amines) is 1. The molecule has 21 heavy (non-hydrogen) atoms. The Morgan fingerprint density at radius 2 is 2.19 bits per heavy atom. The van der Waals surface area contributed by atoms with Crippen LogP contribution in [0.25, 0.3) is 0 Å². The Morgan fingerprint density at radius 3 is 2.95 bits per heavy atom. The van der Waals surface area contributed by atoms with E-state index in [1.165, 1.54) is 44.5 Å². The molecule has 1 saturated heterocycles. The Morgan fingerprint density at radius 1 is 1.38 bits per heavy atom. The Labute approximate surface area is 129 Å². The highest BCUT2D eigenvalue weighted by Gasteiger charge is 2.23. The van der Waals surface area contributed by atoms with Gasteiger partial charge in [-0.3, -0.25) is 0 Å². The van der Waals surface area contributed by atoms with Gasteiger partial charge in [0.2, 0.25) is 0 Å². The molecule has 1 heterocycles. The second kappa shape index (κ2) is 8.40. The zero-order valence-corrected chi connectivity index (χ0v) is 13.8. The van der Waals surface area contributed by atoms with Crippen LogP contribution in [0.4, 0.5) is 0 Å². The lowest BCUT2D eigenvalue weighted by Crippen LogP contribution is -2.44. The van der Waals surface area contributed by atoms with Crippen molar-refractivity contribution in [1.82, 2.24) is 10.2 Å². The van der Waals surface area contributed by atoms with Crippen LogP contribution >= 0.6 is 0 Å². The van der Waals surface area contributed by atoms with E-state index in [2.05, 4.69) is 36.2 Å². The van der Waals surface area contributed by atoms with Gasteiger partial charge in [-0.25, -0.2) is 0 Å². The molecule has 1 aromatic carbocycles. The Hall–Kier alpha value is -1.06. The van der Waals surface area contributed by atoms with E-state index >= 15 is 0 Å². The maximum atomic E-state index is 5.42. The molecule has 3 heteroatoms. The zero-order chi connectivity index (χ0) is 15.1. The summed E-state index contributed by atoms with van der Waals surface area (Å²) in [6.07, 6.45) is 3.95. The molecule has 0 amide bonds. The molecule has 1 aliphatic rings. The number of ether oxygens (including phenoxy) is 1. The van der Waals surface area contributed by atoms with Crippen LogP contribution in [0.2, 0.25) is 0 Å². The van der Waals surface area contributed by atoms with Crippen molar-refractivity contribution >= 4 is 0 Å². The van der Waals surface area contributed by atoms with Crippen molar-refractivity contribution in [3.63, 3.8) is 0 Å². The van der Waals surface area contributed by atoms with Crippen molar-refractivity contribution in [3.8, 4) is 5.75 Å². The molecular weight excluding hydrogens is 260 g/mol. The third-order valence-electron chi connectivity index (χ3n) is 4.60. The average molecular weight is 290 g/mol. The minimum atomic E-state index is 0.551. The first-order chi connectivity index (χ1) is 10.2. The summed E-state index contributed by atoms with van der Waals surface area (Å²) in [5.41, 5.74) is 1.24. The van der Waals surface area contributed by atoms with Crippen molar-refractivity contribution < 1.29 is 4.74 Å². The number of hydrogen-bond donors (Lipinski definition) is 1. The summed E-state index contributed by atoms with van der Waals surface area (Å²) < 4.78 is 5.42. The molecule has 0 bridgehead atoms. The first-order valence-corrected chi connectivity index (χ1v) is 8.32. The summed E-state index contributed by atoms with van der Waals surface area (Å²) in [7, 11) is 1.74. The molecule has 3 nitrogen and oxygen atoms in total. The Balaban J connectivity index is 1.85. The molecule has 0 radical (unpaired) electrons. The van der Waals surface area contributed by atoms with Gasteiger partial charge in [-0.05, 0) is 51.3 Å². The predicted molar refractivity (Wildman–Crippen MR) is 88.8 cm³/mol. The molecule has 0 aromatic heterocycles. The summed E-state index contributed by atoms with van der Waals surface area (Å²) in [5.74, 6) is 1.74. The molecule has 1 fully saturated rings. The van der Waals surface area contributed by atoms with Crippen molar-refractivity contribution in [2.45, 2.75) is 45.7 Å². The fourth-order valence-electron chi connectivity index (χ4n) is 3.31. The van der Waals surface area contributed by atoms with Crippen LogP contribution in [-0.4, -0.2) is 37.7 Å². The van der Waals surface area contributed by atoms with Crippen LogP contribution < -0.4 is 10.1 Å². The summed E-state index contributed by atoms with van der Waals surface area (Å²) in [4.78, 5) is 2.62. The standard InChI is InChI=1S/C18H30N2O/c1-4-11-20-12-7-9-17(14-20)15(2)19-13-16-8-5-6-10-18(16)21-3/h5-6,8,10,15,17,19H,4,7,9,11-14H2,1-3H3. The molecule has 2 atom stereocenters. The van der Waals surface area contributed by atoms with Crippen LogP contribution in [0, 0.1) is 5.92 Å². The third-order valence-corrected chi connectivity index (χ3v) is 4.60. The van der Waals surface area contributed by atoms with Crippen LogP contribution in [0.15, 0.2) is 24.3 Å². The minimum absolute atomic E-state index is 0.551. The molecule has 2 unspecified atom stereocenters. The Kier molecular flexibility index (Phi) is 6.52. The van der Waals surface area contributed by atoms with Gasteiger partial charge in [0, 0.05) is 24.7 Å². The van der Waals surface area contributed by atoms with Crippen molar-refractivity contribution in [2.75, 3.05) is 26.7 Å². The van der Waals surface area contributed by atoms with E-state index in [-0.39, 0.29) is 0 Å². The van der Waals surface area contributed by atoms with Crippen LogP contribution in [0.5, 0.6) is 5.75 Å². The molecule has 1 aromatic rings. The average Bonchev–Trinajstić information content (AvgIpc) is 2.53. The lowest BCUT2D eigenvalue weighted by molar-refractivity contribution is 0.150. The molecule has 0 aliphatic carbocycles. The second-order valence-corrected chi connectivity index (χ2v) is 6.18. The van der Waals surface area contributed by atoms with Gasteiger partial charge in [0.25, 0.3) is 0 Å². The topological polar surface area (TPSA) is 24.5 Å². The van der Waals surface area contributed by atoms with Crippen molar-refractivity contribution in [1.29, 1.82) is 0 Å². The second-order valence-electron chi connectivity index (χ2n) is 6.18. The summed E-state index contributed by atoms with van der Waals surface area (Å²) in [6.45, 7) is 9.26. The summed E-state index contributed by atoms with van der Waals surface area (Å²) in [6, 6.07) is 8.83. The number of nitrogens with one attached hydrogen (secondary N) is 1. The number of rotatable bonds is 7. The molecular formula is C18H30N2O. The van der Waals surface area contributed by atoms with E-state index in [4.69, 9.17) is 4.74 Å². The number of para-hydroxylation sites is 1. The first-order valence-electron chi connectivity index (χ1n) is 8.32. The maximum absolute atomic E-state index is 5.42. The molecule has 1 N–H and O–H groups in total. The lowest BCUT2D eigenvalue weighted by atomic mass is 9.91. The largest absolute Gasteiger partial charge is 0.496 e. The van der Waals surface area contributed by atoms with E-state index < -0.39 is 0 Å². The maximum Gasteiger partial charge on any atom is 0.123 e. The van der Waals surface area contributed by atoms with Gasteiger partial charge in [-0.15, -0.1) is 0 Å². The van der Waals surface area contributed by atoms with Crippen LogP contribution in [-0.2, 0) is 6.54 Å². The molecule has 2 rings (SSSR count). The highest BCUT2D eigenvalue weighted by atomic mass is 16.5. The number of benzene rings is 1. The lowest BCUT2D eigenvalue weighted by Gasteiger charge is -2.36. The first kappa shape index (κ1) is 16.3. The zero-order valence-electron chi connectivity index (χ0n) is 13.8. The summed E-state index contributed by atoms with van der Waals surface area (Å²) in [5, 5.41) is 3.70. The SMILES string of the molecule is CCCN1CCCC(C(C)NCc2ccccc2OC)C1. The van der Waals surface area contributed by atoms with Gasteiger partial charge < -0.3 is 15.0 Å². The van der Waals surface area contributed by atoms with Crippen LogP contribution in [0.1, 0.15) is 38.7 Å². The van der Waals surface area contributed by atoms with Gasteiger partial charge in [-0.2, -0.15) is 0 Å². The van der Waals surface area contributed by atoms with Crippen molar-refractivity contribution in [3.05, 3.63) is 29.8 Å². The third kappa shape index (κ3) is 4.72. The van der Waals surface area contributed by atoms with Gasteiger partial charge in [-0.1, -0.05) is 25.1 Å². The van der Waals surface area contributed by atoms with Crippen molar-refractivity contribution in [2.24, 2.45) is 5.92 Å². The van der Waals surface area contributed by atoms with Gasteiger partial charge in [0.15, 0.2) is 0 Å². The quantitative estimate of drug-likeness (QED) is 0.834. The molecule has 1 aliphatic heterocycles. The number of nitrogens with zero attached hydrogens (tertiary/aromatic N) is 1. The molecule has 0 spiro atoms.